The Bertz CT molecular complexity index is 484. The molecule has 0 aliphatic carbocycles. The summed E-state index contributed by atoms with van der Waals surface area (Å²) in [4.78, 5) is 12.4. The van der Waals surface area contributed by atoms with Crippen LogP contribution in [0.1, 0.15) is 44.0 Å². The summed E-state index contributed by atoms with van der Waals surface area (Å²) in [5.74, 6) is 0.642. The third-order valence-corrected chi connectivity index (χ3v) is 3.79. The first kappa shape index (κ1) is 17.4. The first-order chi connectivity index (χ1) is 9.86. The summed E-state index contributed by atoms with van der Waals surface area (Å²) in [6, 6.07) is 7.13. The smallest absolute Gasteiger partial charge is 0.251 e. The normalized spacial score (nSPS) is 11.0. The summed E-state index contributed by atoms with van der Waals surface area (Å²) < 4.78 is 5.56. The molecule has 0 atom stereocenters. The number of hydrogen-bond acceptors (Lipinski definition) is 3. The second-order valence-corrected chi connectivity index (χ2v) is 6.10. The van der Waals surface area contributed by atoms with Gasteiger partial charge in [-0.1, -0.05) is 39.4 Å². The number of benzene rings is 1. The molecule has 0 unspecified atom stereocenters. The number of amides is 1. The maximum atomic E-state index is 12.0. The number of nitrogens with one attached hydrogen (secondary N) is 1. The van der Waals surface area contributed by atoms with E-state index in [1.54, 1.807) is 12.1 Å². The number of carbonyl (C=O) groups is 1. The van der Waals surface area contributed by atoms with Crippen molar-refractivity contribution >= 4 is 23.1 Å². The zero-order chi connectivity index (χ0) is 15.9. The largest absolute Gasteiger partial charge is 0.494 e. The van der Waals surface area contributed by atoms with Crippen molar-refractivity contribution in [2.24, 2.45) is 11.1 Å². The number of thiocarbonyl (C=S) groups is 1. The highest BCUT2D eigenvalue weighted by Crippen LogP contribution is 2.15. The van der Waals surface area contributed by atoms with Crippen LogP contribution >= 0.6 is 12.2 Å². The van der Waals surface area contributed by atoms with Crippen molar-refractivity contribution in [3.8, 4) is 5.75 Å². The molecule has 116 valence electrons. The van der Waals surface area contributed by atoms with Crippen LogP contribution in [0.3, 0.4) is 0 Å². The summed E-state index contributed by atoms with van der Waals surface area (Å²) in [7, 11) is 0. The molecule has 0 bridgehead atoms. The lowest BCUT2D eigenvalue weighted by molar-refractivity contribution is 0.0945. The molecule has 0 aliphatic heterocycles. The highest BCUT2D eigenvalue weighted by atomic mass is 32.1. The summed E-state index contributed by atoms with van der Waals surface area (Å²) in [6.07, 6.45) is 2.12. The maximum Gasteiger partial charge on any atom is 0.251 e. The molecule has 1 rings (SSSR count). The summed E-state index contributed by atoms with van der Waals surface area (Å²) in [5, 5.41) is 2.85. The number of unbranched alkanes of at least 4 members (excludes halogenated alkanes) is 1. The summed E-state index contributed by atoms with van der Waals surface area (Å²) in [6.45, 7) is 7.03. The molecule has 1 aromatic rings. The highest BCUT2D eigenvalue weighted by Gasteiger charge is 2.22. The van der Waals surface area contributed by atoms with Gasteiger partial charge in [-0.3, -0.25) is 4.79 Å². The lowest BCUT2D eigenvalue weighted by Crippen LogP contribution is -2.41. The van der Waals surface area contributed by atoms with Crippen LogP contribution in [0.5, 0.6) is 5.75 Å². The molecule has 5 heteroatoms. The van der Waals surface area contributed by atoms with Crippen molar-refractivity contribution in [2.75, 3.05) is 13.2 Å². The van der Waals surface area contributed by atoms with Crippen LogP contribution in [0.25, 0.3) is 0 Å². The highest BCUT2D eigenvalue weighted by molar-refractivity contribution is 7.80. The average molecular weight is 308 g/mol. The summed E-state index contributed by atoms with van der Waals surface area (Å²) in [5.41, 5.74) is 5.84. The third kappa shape index (κ3) is 5.71. The monoisotopic (exact) mass is 308 g/mol. The summed E-state index contributed by atoms with van der Waals surface area (Å²) >= 11 is 4.98. The fourth-order valence-electron chi connectivity index (χ4n) is 1.53. The van der Waals surface area contributed by atoms with Gasteiger partial charge in [-0.25, -0.2) is 0 Å². The number of nitrogens with two attached hydrogens (primary N) is 1. The van der Waals surface area contributed by atoms with Crippen LogP contribution in [0.4, 0.5) is 0 Å². The topological polar surface area (TPSA) is 64.3 Å². The van der Waals surface area contributed by atoms with Gasteiger partial charge < -0.3 is 15.8 Å². The Morgan fingerprint density at radius 1 is 1.33 bits per heavy atom. The van der Waals surface area contributed by atoms with E-state index in [0.29, 0.717) is 23.7 Å². The molecule has 0 heterocycles. The predicted octanol–water partition coefficient (Wildman–Crippen LogP) is 2.91. The Kier molecular flexibility index (Phi) is 6.62. The van der Waals surface area contributed by atoms with Gasteiger partial charge in [0.25, 0.3) is 5.91 Å². The van der Waals surface area contributed by atoms with Crippen molar-refractivity contribution in [3.63, 3.8) is 0 Å². The van der Waals surface area contributed by atoms with Crippen LogP contribution in [-0.4, -0.2) is 24.0 Å². The van der Waals surface area contributed by atoms with E-state index in [-0.39, 0.29) is 5.91 Å². The lowest BCUT2D eigenvalue weighted by atomic mass is 9.93. The SMILES string of the molecule is CCCCOc1ccc(C(=O)NCC(C)(C)C(N)=S)cc1. The lowest BCUT2D eigenvalue weighted by Gasteiger charge is -2.23. The molecular weight excluding hydrogens is 284 g/mol. The molecule has 1 aromatic carbocycles. The van der Waals surface area contributed by atoms with E-state index >= 15 is 0 Å². The van der Waals surface area contributed by atoms with Crippen molar-refractivity contribution in [2.45, 2.75) is 33.6 Å². The number of hydrogen-bond donors (Lipinski definition) is 2. The van der Waals surface area contributed by atoms with Crippen LogP contribution in [0.15, 0.2) is 24.3 Å². The van der Waals surface area contributed by atoms with E-state index in [0.717, 1.165) is 18.6 Å². The zero-order valence-corrected chi connectivity index (χ0v) is 13.8. The number of carbonyl (C=O) groups excluding carboxylic acids is 1. The van der Waals surface area contributed by atoms with Crippen molar-refractivity contribution < 1.29 is 9.53 Å². The van der Waals surface area contributed by atoms with Crippen LogP contribution in [-0.2, 0) is 0 Å². The Morgan fingerprint density at radius 2 is 1.95 bits per heavy atom. The van der Waals surface area contributed by atoms with Crippen LogP contribution in [0.2, 0.25) is 0 Å². The fourth-order valence-corrected chi connectivity index (χ4v) is 1.60. The fraction of sp³-hybridized carbons (Fsp3) is 0.500. The molecule has 1 amide bonds. The molecule has 0 aliphatic rings. The van der Waals surface area contributed by atoms with Gasteiger partial charge in [0.2, 0.25) is 0 Å². The first-order valence-electron chi connectivity index (χ1n) is 7.18. The van der Waals surface area contributed by atoms with Gasteiger partial charge in [-0.05, 0) is 30.7 Å². The molecular formula is C16H24N2O2S. The van der Waals surface area contributed by atoms with E-state index in [2.05, 4.69) is 12.2 Å². The van der Waals surface area contributed by atoms with Gasteiger partial charge in [-0.2, -0.15) is 0 Å². The van der Waals surface area contributed by atoms with Gasteiger partial charge in [0.1, 0.15) is 5.75 Å². The number of rotatable bonds is 8. The predicted molar refractivity (Wildman–Crippen MR) is 89.7 cm³/mol. The van der Waals surface area contributed by atoms with Crippen molar-refractivity contribution in [1.82, 2.24) is 5.32 Å². The average Bonchev–Trinajstić information content (AvgIpc) is 2.45. The minimum atomic E-state index is -0.395. The molecule has 21 heavy (non-hydrogen) atoms. The standard InChI is InChI=1S/C16H24N2O2S/c1-4-5-10-20-13-8-6-12(7-9-13)14(19)18-11-16(2,3)15(17)21/h6-9H,4-5,10-11H2,1-3H3,(H2,17,21)(H,18,19). The molecule has 0 saturated heterocycles. The van der Waals surface area contributed by atoms with Crippen molar-refractivity contribution in [1.29, 1.82) is 0 Å². The zero-order valence-electron chi connectivity index (χ0n) is 12.9. The third-order valence-electron chi connectivity index (χ3n) is 3.24. The second-order valence-electron chi connectivity index (χ2n) is 5.66. The Labute approximate surface area is 132 Å². The van der Waals surface area contributed by atoms with E-state index in [1.807, 2.05) is 26.0 Å². The van der Waals surface area contributed by atoms with Gasteiger partial charge in [-0.15, -0.1) is 0 Å². The van der Waals surface area contributed by atoms with Gasteiger partial charge >= 0.3 is 0 Å². The van der Waals surface area contributed by atoms with E-state index in [1.165, 1.54) is 0 Å². The quantitative estimate of drug-likeness (QED) is 0.572. The molecule has 0 saturated carbocycles. The van der Waals surface area contributed by atoms with Crippen LogP contribution < -0.4 is 15.8 Å². The molecule has 0 spiro atoms. The minimum Gasteiger partial charge on any atom is -0.494 e. The second kappa shape index (κ2) is 7.98. The Morgan fingerprint density at radius 3 is 2.48 bits per heavy atom. The van der Waals surface area contributed by atoms with Crippen molar-refractivity contribution in [3.05, 3.63) is 29.8 Å². The van der Waals surface area contributed by atoms with Gasteiger partial charge in [0, 0.05) is 17.5 Å². The molecule has 4 nitrogen and oxygen atoms in total. The molecule has 0 fully saturated rings. The Balaban J connectivity index is 2.53. The molecule has 3 N–H and O–H groups in total. The van der Waals surface area contributed by atoms with Gasteiger partial charge in [0.15, 0.2) is 0 Å². The Hall–Kier alpha value is -1.62. The van der Waals surface area contributed by atoms with E-state index < -0.39 is 5.41 Å². The van der Waals surface area contributed by atoms with E-state index in [9.17, 15) is 4.79 Å². The molecule has 0 aromatic heterocycles. The number of ether oxygens (including phenoxy) is 1. The minimum absolute atomic E-state index is 0.139. The maximum absolute atomic E-state index is 12.0. The van der Waals surface area contributed by atoms with Gasteiger partial charge in [0.05, 0.1) is 11.6 Å². The van der Waals surface area contributed by atoms with E-state index in [4.69, 9.17) is 22.7 Å². The molecule has 0 radical (unpaired) electrons. The van der Waals surface area contributed by atoms with Crippen LogP contribution in [0, 0.1) is 5.41 Å². The first-order valence-corrected chi connectivity index (χ1v) is 7.58.